The number of benzene rings is 2. The van der Waals surface area contributed by atoms with Gasteiger partial charge in [-0.25, -0.2) is 4.90 Å². The number of carbonyl (C=O) groups is 2. The predicted octanol–water partition coefficient (Wildman–Crippen LogP) is 3.55. The second-order valence-corrected chi connectivity index (χ2v) is 6.59. The first-order valence-electron chi connectivity index (χ1n) is 8.11. The molecule has 1 aromatic heterocycles. The molecule has 24 heavy (non-hydrogen) atoms. The van der Waals surface area contributed by atoms with Gasteiger partial charge < -0.3 is 0 Å². The smallest absolute Gasteiger partial charge is 0.267 e. The molecule has 5 heteroatoms. The van der Waals surface area contributed by atoms with Crippen molar-refractivity contribution in [3.8, 4) is 0 Å². The van der Waals surface area contributed by atoms with Gasteiger partial charge in [0, 0.05) is 5.39 Å². The van der Waals surface area contributed by atoms with Crippen LogP contribution < -0.4 is 4.90 Å². The van der Waals surface area contributed by atoms with E-state index < -0.39 is 0 Å². The molecule has 1 N–H and O–H groups in total. The Labute approximate surface area is 138 Å². The van der Waals surface area contributed by atoms with E-state index in [-0.39, 0.29) is 11.8 Å². The van der Waals surface area contributed by atoms with Gasteiger partial charge in [0.05, 0.1) is 16.6 Å². The van der Waals surface area contributed by atoms with E-state index in [1.807, 2.05) is 13.0 Å². The topological polar surface area (TPSA) is 66.1 Å². The summed E-state index contributed by atoms with van der Waals surface area (Å²) in [4.78, 5) is 26.6. The molecule has 2 amide bonds. The van der Waals surface area contributed by atoms with Crippen molar-refractivity contribution >= 4 is 28.5 Å². The SMILES string of the molecule is Cc1cc(C2CC2)c2[nH]nc(N3C(=O)c4ccccc4C3=O)c2c1. The number of rotatable bonds is 2. The van der Waals surface area contributed by atoms with Crippen LogP contribution in [0.2, 0.25) is 0 Å². The number of nitrogens with zero attached hydrogens (tertiary/aromatic N) is 2. The third kappa shape index (κ3) is 1.72. The molecule has 1 aliphatic heterocycles. The Morgan fingerprint density at radius 2 is 1.75 bits per heavy atom. The van der Waals surface area contributed by atoms with Crippen LogP contribution in [0, 0.1) is 6.92 Å². The van der Waals surface area contributed by atoms with Crippen molar-refractivity contribution in [1.82, 2.24) is 10.2 Å². The van der Waals surface area contributed by atoms with Gasteiger partial charge in [-0.3, -0.25) is 14.7 Å². The van der Waals surface area contributed by atoms with Crippen LogP contribution in [0.25, 0.3) is 10.9 Å². The standard InChI is InChI=1S/C19H15N3O2/c1-10-8-14(11-6-7-11)16-15(9-10)17(21-20-16)22-18(23)12-4-2-3-5-13(12)19(22)24/h2-5,8-9,11H,6-7H2,1H3,(H,20,21). The second kappa shape index (κ2) is 4.54. The maximum atomic E-state index is 12.7. The summed E-state index contributed by atoms with van der Waals surface area (Å²) in [7, 11) is 0. The van der Waals surface area contributed by atoms with Crippen LogP contribution in [0.15, 0.2) is 36.4 Å². The Morgan fingerprint density at radius 3 is 2.38 bits per heavy atom. The molecule has 2 heterocycles. The third-order valence-electron chi connectivity index (χ3n) is 4.85. The maximum Gasteiger partial charge on any atom is 0.267 e. The zero-order chi connectivity index (χ0) is 16.4. The highest BCUT2D eigenvalue weighted by molar-refractivity contribution is 6.35. The second-order valence-electron chi connectivity index (χ2n) is 6.59. The van der Waals surface area contributed by atoms with Crippen LogP contribution in [0.4, 0.5) is 5.82 Å². The molecule has 0 saturated heterocycles. The molecule has 0 bridgehead atoms. The van der Waals surface area contributed by atoms with Crippen molar-refractivity contribution in [2.75, 3.05) is 4.90 Å². The molecular weight excluding hydrogens is 302 g/mol. The van der Waals surface area contributed by atoms with Crippen LogP contribution in [-0.2, 0) is 0 Å². The number of hydrogen-bond donors (Lipinski definition) is 1. The highest BCUT2D eigenvalue weighted by atomic mass is 16.2. The van der Waals surface area contributed by atoms with Gasteiger partial charge in [-0.1, -0.05) is 18.2 Å². The zero-order valence-electron chi connectivity index (χ0n) is 13.2. The fourth-order valence-electron chi connectivity index (χ4n) is 3.55. The zero-order valence-corrected chi connectivity index (χ0v) is 13.2. The van der Waals surface area contributed by atoms with Gasteiger partial charge in [0.25, 0.3) is 11.8 Å². The van der Waals surface area contributed by atoms with E-state index in [0.29, 0.717) is 22.9 Å². The number of H-pyrrole nitrogens is 1. The van der Waals surface area contributed by atoms with Crippen molar-refractivity contribution in [3.63, 3.8) is 0 Å². The number of aromatic nitrogens is 2. The summed E-state index contributed by atoms with van der Waals surface area (Å²) in [6.07, 6.45) is 2.36. The Bertz CT molecular complexity index is 995. The predicted molar refractivity (Wildman–Crippen MR) is 90.4 cm³/mol. The molecule has 1 aliphatic carbocycles. The van der Waals surface area contributed by atoms with Gasteiger partial charge in [-0.15, -0.1) is 0 Å². The molecule has 0 spiro atoms. The van der Waals surface area contributed by atoms with E-state index in [9.17, 15) is 9.59 Å². The Morgan fingerprint density at radius 1 is 1.08 bits per heavy atom. The van der Waals surface area contributed by atoms with Crippen LogP contribution in [-0.4, -0.2) is 22.0 Å². The van der Waals surface area contributed by atoms with Gasteiger partial charge in [0.15, 0.2) is 5.82 Å². The molecule has 0 unspecified atom stereocenters. The number of imide groups is 1. The van der Waals surface area contributed by atoms with Gasteiger partial charge in [-0.2, -0.15) is 5.10 Å². The lowest BCUT2D eigenvalue weighted by Crippen LogP contribution is -2.29. The van der Waals surface area contributed by atoms with Gasteiger partial charge >= 0.3 is 0 Å². The first-order chi connectivity index (χ1) is 11.6. The minimum atomic E-state index is -0.307. The lowest BCUT2D eigenvalue weighted by Gasteiger charge is -2.11. The van der Waals surface area contributed by atoms with Crippen LogP contribution in [0.5, 0.6) is 0 Å². The van der Waals surface area contributed by atoms with E-state index in [1.54, 1.807) is 24.3 Å². The third-order valence-corrected chi connectivity index (χ3v) is 4.85. The maximum absolute atomic E-state index is 12.7. The minimum Gasteiger partial charge on any atom is -0.275 e. The van der Waals surface area contributed by atoms with Gasteiger partial charge in [-0.05, 0) is 55.0 Å². The molecule has 118 valence electrons. The van der Waals surface area contributed by atoms with Crippen molar-refractivity contribution in [1.29, 1.82) is 0 Å². The lowest BCUT2D eigenvalue weighted by molar-refractivity contribution is 0.0925. The highest BCUT2D eigenvalue weighted by Gasteiger charge is 2.39. The number of anilines is 1. The summed E-state index contributed by atoms with van der Waals surface area (Å²) in [5, 5.41) is 8.23. The molecule has 5 nitrogen and oxygen atoms in total. The number of hydrogen-bond acceptors (Lipinski definition) is 3. The van der Waals surface area contributed by atoms with E-state index >= 15 is 0 Å². The molecule has 1 saturated carbocycles. The number of fused-ring (bicyclic) bond motifs is 2. The fourth-order valence-corrected chi connectivity index (χ4v) is 3.55. The van der Waals surface area contributed by atoms with Crippen molar-refractivity contribution in [2.45, 2.75) is 25.7 Å². The van der Waals surface area contributed by atoms with Crippen LogP contribution in [0.1, 0.15) is 50.6 Å². The summed E-state index contributed by atoms with van der Waals surface area (Å²) in [6.45, 7) is 2.03. The largest absolute Gasteiger partial charge is 0.275 e. The highest BCUT2D eigenvalue weighted by Crippen LogP contribution is 2.44. The Kier molecular flexibility index (Phi) is 2.55. The molecule has 0 atom stereocenters. The van der Waals surface area contributed by atoms with Crippen molar-refractivity contribution in [3.05, 3.63) is 58.7 Å². The first kappa shape index (κ1) is 13.5. The molecule has 2 aromatic carbocycles. The molecule has 0 radical (unpaired) electrons. The lowest BCUT2D eigenvalue weighted by atomic mass is 10.0. The summed E-state index contributed by atoms with van der Waals surface area (Å²) in [6, 6.07) is 11.1. The van der Waals surface area contributed by atoms with Gasteiger partial charge in [0.1, 0.15) is 0 Å². The molecule has 2 aliphatic rings. The molecular formula is C19H15N3O2. The van der Waals surface area contributed by atoms with Crippen LogP contribution in [0.3, 0.4) is 0 Å². The summed E-state index contributed by atoms with van der Waals surface area (Å²) in [5.41, 5.74) is 4.17. The summed E-state index contributed by atoms with van der Waals surface area (Å²) >= 11 is 0. The number of nitrogens with one attached hydrogen (secondary N) is 1. The minimum absolute atomic E-state index is 0.307. The molecule has 3 aromatic rings. The number of amides is 2. The normalized spacial score (nSPS) is 17.0. The quantitative estimate of drug-likeness (QED) is 0.735. The summed E-state index contributed by atoms with van der Waals surface area (Å²) < 4.78 is 0. The number of carbonyl (C=O) groups excluding carboxylic acids is 2. The Hall–Kier alpha value is -2.95. The Balaban J connectivity index is 1.71. The number of aryl methyl sites for hydroxylation is 1. The monoisotopic (exact) mass is 317 g/mol. The van der Waals surface area contributed by atoms with E-state index in [0.717, 1.165) is 16.5 Å². The van der Waals surface area contributed by atoms with Crippen molar-refractivity contribution in [2.24, 2.45) is 0 Å². The molecule has 5 rings (SSSR count). The average Bonchev–Trinajstić information content (AvgIpc) is 3.31. The van der Waals surface area contributed by atoms with E-state index in [4.69, 9.17) is 0 Å². The fraction of sp³-hybridized carbons (Fsp3) is 0.211. The van der Waals surface area contributed by atoms with Crippen LogP contribution >= 0.6 is 0 Å². The van der Waals surface area contributed by atoms with E-state index in [2.05, 4.69) is 16.3 Å². The summed E-state index contributed by atoms with van der Waals surface area (Å²) in [5.74, 6) is 0.349. The number of aromatic amines is 1. The first-order valence-corrected chi connectivity index (χ1v) is 8.11. The van der Waals surface area contributed by atoms with Gasteiger partial charge in [0.2, 0.25) is 0 Å². The average molecular weight is 317 g/mol. The van der Waals surface area contributed by atoms with E-state index in [1.165, 1.54) is 23.3 Å². The molecule has 1 fully saturated rings. The van der Waals surface area contributed by atoms with Crippen molar-refractivity contribution < 1.29 is 9.59 Å².